The van der Waals surface area contributed by atoms with E-state index in [2.05, 4.69) is 25.4 Å². The number of amides is 1. The fourth-order valence-electron chi connectivity index (χ4n) is 2.43. The molecule has 2 aromatic carbocycles. The first-order valence-corrected chi connectivity index (χ1v) is 8.96. The first-order chi connectivity index (χ1) is 14.3. The second-order valence-corrected chi connectivity index (χ2v) is 6.45. The van der Waals surface area contributed by atoms with Crippen LogP contribution in [-0.2, 0) is 12.7 Å². The molecule has 0 aliphatic heterocycles. The summed E-state index contributed by atoms with van der Waals surface area (Å²) in [6.45, 7) is 0.537. The van der Waals surface area contributed by atoms with Gasteiger partial charge in [-0.1, -0.05) is 17.7 Å². The highest BCUT2D eigenvalue weighted by molar-refractivity contribution is 6.31. The second-order valence-electron chi connectivity index (χ2n) is 6.05. The monoisotopic (exact) mass is 432 g/mol. The van der Waals surface area contributed by atoms with Crippen LogP contribution < -0.4 is 10.2 Å². The van der Waals surface area contributed by atoms with E-state index in [9.17, 15) is 18.0 Å². The van der Waals surface area contributed by atoms with E-state index in [0.29, 0.717) is 12.2 Å². The molecule has 6 nitrogen and oxygen atoms in total. The molecule has 0 spiro atoms. The zero-order valence-electron chi connectivity index (χ0n) is 15.3. The smallest absolute Gasteiger partial charge is 0.381 e. The van der Waals surface area contributed by atoms with Gasteiger partial charge in [0.05, 0.1) is 16.1 Å². The van der Waals surface area contributed by atoms with E-state index in [-0.39, 0.29) is 11.3 Å². The third-order valence-electron chi connectivity index (χ3n) is 3.91. The van der Waals surface area contributed by atoms with E-state index in [0.717, 1.165) is 17.7 Å². The Labute approximate surface area is 174 Å². The maximum Gasteiger partial charge on any atom is 0.417 e. The van der Waals surface area contributed by atoms with Crippen molar-refractivity contribution in [2.24, 2.45) is 10.2 Å². The lowest BCUT2D eigenvalue weighted by molar-refractivity contribution is -0.137. The molecule has 0 saturated heterocycles. The summed E-state index contributed by atoms with van der Waals surface area (Å²) in [7, 11) is 0. The van der Waals surface area contributed by atoms with Gasteiger partial charge in [-0.3, -0.25) is 9.78 Å². The van der Waals surface area contributed by atoms with Crippen molar-refractivity contribution in [1.29, 1.82) is 0 Å². The molecule has 1 aromatic heterocycles. The minimum Gasteiger partial charge on any atom is -0.381 e. The molecule has 0 aliphatic rings. The Bertz CT molecular complexity index is 1110. The predicted molar refractivity (Wildman–Crippen MR) is 105 cm³/mol. The minimum atomic E-state index is -4.63. The van der Waals surface area contributed by atoms with Crippen molar-refractivity contribution in [3.8, 4) is 0 Å². The molecule has 152 valence electrons. The summed E-state index contributed by atoms with van der Waals surface area (Å²) in [6, 6.07) is 13.3. The van der Waals surface area contributed by atoms with Gasteiger partial charge in [-0.25, -0.2) is 0 Å². The van der Waals surface area contributed by atoms with Crippen LogP contribution in [0.25, 0.3) is 0 Å². The molecule has 3 aromatic rings. The van der Waals surface area contributed by atoms with Gasteiger partial charge >= 0.3 is 12.1 Å². The van der Waals surface area contributed by atoms with Gasteiger partial charge in [0.25, 0.3) is 0 Å². The second kappa shape index (κ2) is 9.30. The molecule has 3 rings (SSSR count). The number of anilines is 1. The molecule has 1 N–H and O–H groups in total. The number of benzene rings is 2. The molecule has 0 atom stereocenters. The fraction of sp³-hybridized carbons (Fsp3) is 0.100. The Morgan fingerprint density at radius 2 is 1.87 bits per heavy atom. The lowest BCUT2D eigenvalue weighted by Crippen LogP contribution is -2.05. The standard InChI is InChI=1S/C20H14ClF3N5O/c21-18-5-4-16(11-17(18)20(22,23)24)27-29-28-19(30)14-2-1-3-15(10-14)26-12-13-6-8-25-9-7-13/h1-11,26H,12H2/q+1. The number of nitrogens with zero attached hydrogens (tertiary/aromatic N) is 4. The van der Waals surface area contributed by atoms with Crippen LogP contribution in [0.4, 0.5) is 24.5 Å². The van der Waals surface area contributed by atoms with Crippen LogP contribution in [0.2, 0.25) is 5.02 Å². The predicted octanol–water partition coefficient (Wildman–Crippen LogP) is 5.81. The van der Waals surface area contributed by atoms with Crippen molar-refractivity contribution in [2.45, 2.75) is 12.7 Å². The van der Waals surface area contributed by atoms with E-state index in [1.807, 2.05) is 12.1 Å². The van der Waals surface area contributed by atoms with Crippen molar-refractivity contribution in [3.63, 3.8) is 0 Å². The molecule has 1 amide bonds. The number of aromatic nitrogens is 1. The number of alkyl halides is 3. The van der Waals surface area contributed by atoms with E-state index in [4.69, 9.17) is 11.6 Å². The zero-order chi connectivity index (χ0) is 21.6. The number of carbonyl (C=O) groups is 1. The largest absolute Gasteiger partial charge is 0.417 e. The summed E-state index contributed by atoms with van der Waals surface area (Å²) in [4.78, 5) is 19.5. The summed E-state index contributed by atoms with van der Waals surface area (Å²) in [5.41, 5.74) is 0.787. The summed E-state index contributed by atoms with van der Waals surface area (Å²) in [5, 5.41) is 9.69. The number of hydrogen-bond acceptors (Lipinski definition) is 4. The first-order valence-electron chi connectivity index (χ1n) is 8.58. The molecule has 0 fully saturated rings. The summed E-state index contributed by atoms with van der Waals surface area (Å²) in [6.07, 6.45) is -1.27. The zero-order valence-corrected chi connectivity index (χ0v) is 16.0. The van der Waals surface area contributed by atoms with Crippen molar-refractivity contribution in [2.75, 3.05) is 5.32 Å². The highest BCUT2D eigenvalue weighted by Gasteiger charge is 2.33. The van der Waals surface area contributed by atoms with Gasteiger partial charge in [0.1, 0.15) is 0 Å². The molecule has 0 bridgehead atoms. The lowest BCUT2D eigenvalue weighted by atomic mass is 10.2. The third kappa shape index (κ3) is 5.73. The van der Waals surface area contributed by atoms with Crippen LogP contribution in [-0.4, -0.2) is 10.9 Å². The van der Waals surface area contributed by atoms with Crippen LogP contribution in [0, 0.1) is 0 Å². The highest BCUT2D eigenvalue weighted by Crippen LogP contribution is 2.36. The van der Waals surface area contributed by atoms with Crippen LogP contribution in [0.1, 0.15) is 21.5 Å². The van der Waals surface area contributed by atoms with Gasteiger partial charge in [0.15, 0.2) is 10.8 Å². The molecule has 0 saturated carbocycles. The maximum absolute atomic E-state index is 12.9. The van der Waals surface area contributed by atoms with E-state index in [1.54, 1.807) is 36.7 Å². The maximum atomic E-state index is 12.9. The number of nitrogens with one attached hydrogen (secondary N) is 1. The molecular weight excluding hydrogens is 419 g/mol. The van der Waals surface area contributed by atoms with E-state index < -0.39 is 22.7 Å². The van der Waals surface area contributed by atoms with Crippen molar-refractivity contribution in [3.05, 3.63) is 88.7 Å². The van der Waals surface area contributed by atoms with E-state index >= 15 is 0 Å². The Morgan fingerprint density at radius 1 is 1.10 bits per heavy atom. The van der Waals surface area contributed by atoms with Crippen LogP contribution in [0.15, 0.2) is 77.2 Å². The number of hydrogen-bond donors (Lipinski definition) is 1. The number of halogens is 4. The minimum absolute atomic E-state index is 0.129. The molecule has 0 unspecified atom stereocenters. The van der Waals surface area contributed by atoms with Gasteiger partial charge in [-0.2, -0.15) is 13.2 Å². The summed E-state index contributed by atoms with van der Waals surface area (Å²) < 4.78 is 38.6. The van der Waals surface area contributed by atoms with Crippen molar-refractivity contribution >= 4 is 28.9 Å². The van der Waals surface area contributed by atoms with Crippen molar-refractivity contribution < 1.29 is 18.0 Å². The van der Waals surface area contributed by atoms with Gasteiger partial charge in [0.2, 0.25) is 10.0 Å². The molecular formula is C20H14ClF3N5O+. The molecule has 0 radical (unpaired) electrons. The normalized spacial score (nSPS) is 10.8. The SMILES string of the molecule is O=C(N=[N+]=Nc1ccc(Cl)c(C(F)(F)F)c1)c1cccc(NCc2ccncc2)c1. The van der Waals surface area contributed by atoms with Crippen LogP contribution in [0.3, 0.4) is 0 Å². The Balaban J connectivity index is 1.70. The summed E-state index contributed by atoms with van der Waals surface area (Å²) >= 11 is 5.55. The number of carbonyl (C=O) groups excluding carboxylic acids is 1. The van der Waals surface area contributed by atoms with Gasteiger partial charge in [-0.05, 0) is 54.1 Å². The van der Waals surface area contributed by atoms with Gasteiger partial charge in [0, 0.05) is 24.6 Å². The quantitative estimate of drug-likeness (QED) is 0.408. The molecule has 30 heavy (non-hydrogen) atoms. The topological polar surface area (TPSA) is 80.8 Å². The van der Waals surface area contributed by atoms with Crippen LogP contribution in [0.5, 0.6) is 0 Å². The Hall–Kier alpha value is -3.55. The average Bonchev–Trinajstić information content (AvgIpc) is 2.73. The number of rotatable bonds is 5. The Kier molecular flexibility index (Phi) is 6.56. The number of pyridine rings is 1. The lowest BCUT2D eigenvalue weighted by Gasteiger charge is -2.07. The molecule has 0 aliphatic carbocycles. The van der Waals surface area contributed by atoms with Crippen molar-refractivity contribution in [1.82, 2.24) is 9.90 Å². The third-order valence-corrected chi connectivity index (χ3v) is 4.24. The summed E-state index contributed by atoms with van der Waals surface area (Å²) in [5.74, 6) is -0.684. The van der Waals surface area contributed by atoms with Gasteiger partial charge < -0.3 is 5.32 Å². The first kappa shape index (κ1) is 21.2. The van der Waals surface area contributed by atoms with E-state index in [1.165, 1.54) is 6.07 Å². The fourth-order valence-corrected chi connectivity index (χ4v) is 2.66. The highest BCUT2D eigenvalue weighted by atomic mass is 35.5. The molecule has 1 heterocycles. The van der Waals surface area contributed by atoms with Crippen LogP contribution >= 0.6 is 11.6 Å². The van der Waals surface area contributed by atoms with Gasteiger partial charge in [-0.15, -0.1) is 0 Å². The molecule has 10 heteroatoms. The Morgan fingerprint density at radius 3 is 2.60 bits per heavy atom. The average molecular weight is 433 g/mol.